The van der Waals surface area contributed by atoms with Crippen LogP contribution >= 0.6 is 15.9 Å². The molecule has 0 amide bonds. The lowest BCUT2D eigenvalue weighted by Crippen LogP contribution is -2.27. The monoisotopic (exact) mass is 278 g/mol. The van der Waals surface area contributed by atoms with Crippen LogP contribution in [0.25, 0.3) is 10.9 Å². The van der Waals surface area contributed by atoms with Crippen molar-refractivity contribution in [3.8, 4) is 0 Å². The summed E-state index contributed by atoms with van der Waals surface area (Å²) in [6.07, 6.45) is 0. The molecule has 16 heavy (non-hydrogen) atoms. The van der Waals surface area contributed by atoms with Crippen molar-refractivity contribution in [2.24, 2.45) is 7.05 Å². The molecule has 1 aromatic carbocycles. The Morgan fingerprint density at radius 1 is 1.44 bits per heavy atom. The maximum Gasteiger partial charge on any atom is 0.0494 e. The van der Waals surface area contributed by atoms with E-state index < -0.39 is 0 Å². The molecule has 1 aromatic heterocycles. The van der Waals surface area contributed by atoms with Crippen molar-refractivity contribution < 1.29 is 0 Å². The van der Waals surface area contributed by atoms with Gasteiger partial charge in [-0.05, 0) is 23.6 Å². The first kappa shape index (κ1) is 10.4. The molecule has 3 rings (SSSR count). The van der Waals surface area contributed by atoms with Crippen LogP contribution in [0.4, 0.5) is 0 Å². The maximum atomic E-state index is 3.55. The zero-order chi connectivity index (χ0) is 11.3. The smallest absolute Gasteiger partial charge is 0.0494 e. The lowest BCUT2D eigenvalue weighted by Gasteiger charge is -2.21. The van der Waals surface area contributed by atoms with Gasteiger partial charge in [-0.2, -0.15) is 0 Å². The van der Waals surface area contributed by atoms with Crippen LogP contribution in [0.1, 0.15) is 24.1 Å². The van der Waals surface area contributed by atoms with E-state index >= 15 is 0 Å². The minimum absolute atomic E-state index is 0.605. The van der Waals surface area contributed by atoms with Crippen molar-refractivity contribution in [3.05, 3.63) is 33.9 Å². The number of fused-ring (bicyclic) bond motifs is 3. The zero-order valence-corrected chi connectivity index (χ0v) is 11.1. The molecule has 1 aliphatic rings. The second-order valence-electron chi connectivity index (χ2n) is 4.61. The molecule has 2 aromatic rings. The van der Waals surface area contributed by atoms with E-state index in [0.29, 0.717) is 5.92 Å². The fourth-order valence-electron chi connectivity index (χ4n) is 2.76. The predicted molar refractivity (Wildman–Crippen MR) is 70.7 cm³/mol. The first-order valence-electron chi connectivity index (χ1n) is 5.66. The van der Waals surface area contributed by atoms with Gasteiger partial charge in [0.2, 0.25) is 0 Å². The molecule has 0 spiro atoms. The molecule has 2 nitrogen and oxygen atoms in total. The van der Waals surface area contributed by atoms with Gasteiger partial charge < -0.3 is 9.88 Å². The summed E-state index contributed by atoms with van der Waals surface area (Å²) in [4.78, 5) is 0. The summed E-state index contributed by atoms with van der Waals surface area (Å²) >= 11 is 3.55. The second kappa shape index (κ2) is 3.60. The highest BCUT2D eigenvalue weighted by Gasteiger charge is 2.22. The highest BCUT2D eigenvalue weighted by atomic mass is 79.9. The van der Waals surface area contributed by atoms with Crippen LogP contribution < -0.4 is 5.32 Å². The van der Waals surface area contributed by atoms with Gasteiger partial charge in [0, 0.05) is 41.2 Å². The summed E-state index contributed by atoms with van der Waals surface area (Å²) in [6.45, 7) is 4.37. The minimum atomic E-state index is 0.605. The minimum Gasteiger partial charge on any atom is -0.346 e. The SMILES string of the molecule is CC1CNCc2c1c1ccc(Br)cc1n2C. The lowest BCUT2D eigenvalue weighted by atomic mass is 9.95. The Balaban J connectivity index is 2.39. The average molecular weight is 279 g/mol. The Morgan fingerprint density at radius 2 is 2.25 bits per heavy atom. The Kier molecular flexibility index (Phi) is 2.33. The molecule has 0 saturated carbocycles. The molecule has 0 aliphatic carbocycles. The summed E-state index contributed by atoms with van der Waals surface area (Å²) < 4.78 is 3.47. The number of nitrogens with zero attached hydrogens (tertiary/aromatic N) is 1. The van der Waals surface area contributed by atoms with Gasteiger partial charge in [-0.3, -0.25) is 0 Å². The normalized spacial score (nSPS) is 20.1. The van der Waals surface area contributed by atoms with Crippen LogP contribution in [-0.4, -0.2) is 11.1 Å². The largest absolute Gasteiger partial charge is 0.346 e. The molecule has 3 heteroatoms. The Labute approximate surface area is 104 Å². The van der Waals surface area contributed by atoms with E-state index in [1.54, 1.807) is 0 Å². The van der Waals surface area contributed by atoms with Crippen molar-refractivity contribution in [1.29, 1.82) is 0 Å². The summed E-state index contributed by atoms with van der Waals surface area (Å²) in [7, 11) is 2.16. The number of rotatable bonds is 0. The average Bonchev–Trinajstić information content (AvgIpc) is 2.55. The van der Waals surface area contributed by atoms with Crippen LogP contribution in [0.5, 0.6) is 0 Å². The summed E-state index contributed by atoms with van der Waals surface area (Å²) in [5.74, 6) is 0.605. The molecule has 1 aliphatic heterocycles. The third-order valence-corrected chi connectivity index (χ3v) is 4.06. The molecule has 84 valence electrons. The molecule has 2 heterocycles. The van der Waals surface area contributed by atoms with Gasteiger partial charge in [-0.1, -0.05) is 28.9 Å². The fraction of sp³-hybridized carbons (Fsp3) is 0.385. The maximum absolute atomic E-state index is 3.55. The van der Waals surface area contributed by atoms with Crippen LogP contribution in [0, 0.1) is 0 Å². The second-order valence-corrected chi connectivity index (χ2v) is 5.53. The first-order valence-corrected chi connectivity index (χ1v) is 6.45. The van der Waals surface area contributed by atoms with Crippen LogP contribution in [0.15, 0.2) is 22.7 Å². The Morgan fingerprint density at radius 3 is 3.06 bits per heavy atom. The van der Waals surface area contributed by atoms with E-state index in [4.69, 9.17) is 0 Å². The van der Waals surface area contributed by atoms with Gasteiger partial charge in [-0.25, -0.2) is 0 Å². The number of hydrogen-bond donors (Lipinski definition) is 1. The predicted octanol–water partition coefficient (Wildman–Crippen LogP) is 3.15. The fourth-order valence-corrected chi connectivity index (χ4v) is 3.11. The van der Waals surface area contributed by atoms with Crippen LogP contribution in [-0.2, 0) is 13.6 Å². The van der Waals surface area contributed by atoms with Gasteiger partial charge >= 0.3 is 0 Å². The molecule has 1 N–H and O–H groups in total. The van der Waals surface area contributed by atoms with Crippen molar-refractivity contribution in [2.45, 2.75) is 19.4 Å². The molecule has 0 radical (unpaired) electrons. The number of aryl methyl sites for hydroxylation is 1. The van der Waals surface area contributed by atoms with Gasteiger partial charge in [0.05, 0.1) is 0 Å². The zero-order valence-electron chi connectivity index (χ0n) is 9.55. The van der Waals surface area contributed by atoms with Crippen LogP contribution in [0.2, 0.25) is 0 Å². The molecular formula is C13H15BrN2. The first-order chi connectivity index (χ1) is 7.68. The van der Waals surface area contributed by atoms with Crippen molar-refractivity contribution in [1.82, 2.24) is 9.88 Å². The van der Waals surface area contributed by atoms with Gasteiger partial charge in [0.1, 0.15) is 0 Å². The van der Waals surface area contributed by atoms with E-state index in [1.807, 2.05) is 0 Å². The lowest BCUT2D eigenvalue weighted by molar-refractivity contribution is 0.553. The van der Waals surface area contributed by atoms with E-state index in [0.717, 1.165) is 17.6 Å². The van der Waals surface area contributed by atoms with E-state index in [2.05, 4.69) is 58.0 Å². The summed E-state index contributed by atoms with van der Waals surface area (Å²) in [5.41, 5.74) is 4.30. The Hall–Kier alpha value is -0.800. The van der Waals surface area contributed by atoms with Crippen molar-refractivity contribution in [3.63, 3.8) is 0 Å². The molecule has 0 fully saturated rings. The van der Waals surface area contributed by atoms with E-state index in [-0.39, 0.29) is 0 Å². The standard InChI is InChI=1S/C13H15BrN2/c1-8-6-15-7-12-13(8)10-4-3-9(14)5-11(10)16(12)2/h3-5,8,15H,6-7H2,1-2H3. The number of nitrogens with one attached hydrogen (secondary N) is 1. The molecule has 0 saturated heterocycles. The Bertz CT molecular complexity index is 557. The quantitative estimate of drug-likeness (QED) is 0.784. The number of benzene rings is 1. The van der Waals surface area contributed by atoms with Gasteiger partial charge in [0.15, 0.2) is 0 Å². The van der Waals surface area contributed by atoms with Gasteiger partial charge in [-0.15, -0.1) is 0 Å². The molecule has 0 bridgehead atoms. The summed E-state index contributed by atoms with van der Waals surface area (Å²) in [5, 5.41) is 4.89. The molecule has 1 atom stereocenters. The summed E-state index contributed by atoms with van der Waals surface area (Å²) in [6, 6.07) is 6.58. The molecular weight excluding hydrogens is 264 g/mol. The van der Waals surface area contributed by atoms with E-state index in [1.165, 1.54) is 22.2 Å². The van der Waals surface area contributed by atoms with Crippen molar-refractivity contribution in [2.75, 3.05) is 6.54 Å². The van der Waals surface area contributed by atoms with Crippen molar-refractivity contribution >= 4 is 26.8 Å². The highest BCUT2D eigenvalue weighted by molar-refractivity contribution is 9.10. The number of hydrogen-bond acceptors (Lipinski definition) is 1. The highest BCUT2D eigenvalue weighted by Crippen LogP contribution is 2.34. The van der Waals surface area contributed by atoms with E-state index in [9.17, 15) is 0 Å². The molecule has 1 unspecified atom stereocenters. The van der Waals surface area contributed by atoms with Crippen LogP contribution in [0.3, 0.4) is 0 Å². The number of aromatic nitrogens is 1. The van der Waals surface area contributed by atoms with Gasteiger partial charge in [0.25, 0.3) is 0 Å². The number of halogens is 1. The third kappa shape index (κ3) is 1.35. The topological polar surface area (TPSA) is 17.0 Å². The third-order valence-electron chi connectivity index (χ3n) is 3.56.